The average Bonchev–Trinajstić information content (AvgIpc) is 2.07. The number of nitrogens with zero attached hydrogens (tertiary/aromatic N) is 2. The van der Waals surface area contributed by atoms with Crippen LogP contribution in [-0.2, 0) is 0 Å². The summed E-state index contributed by atoms with van der Waals surface area (Å²) in [5.74, 6) is 0.0456. The molecule has 12 heavy (non-hydrogen) atoms. The molecular formula is C8H5ClN2O. The summed E-state index contributed by atoms with van der Waals surface area (Å²) < 4.78 is 0. The lowest BCUT2D eigenvalue weighted by Crippen LogP contribution is -2.04. The van der Waals surface area contributed by atoms with Crippen LogP contribution in [0.3, 0.4) is 0 Å². The van der Waals surface area contributed by atoms with Gasteiger partial charge in [-0.05, 0) is 6.07 Å². The molecule has 0 aromatic carbocycles. The first kappa shape index (κ1) is 7.43. The molecule has 0 fully saturated rings. The monoisotopic (exact) mass is 180 g/mol. The zero-order valence-corrected chi connectivity index (χ0v) is 6.88. The Hall–Kier alpha value is -1.22. The Morgan fingerprint density at radius 3 is 3.08 bits per heavy atom. The maximum Gasteiger partial charge on any atom is 0.170 e. The van der Waals surface area contributed by atoms with Gasteiger partial charge >= 0.3 is 0 Å². The molecule has 2 rings (SSSR count). The van der Waals surface area contributed by atoms with E-state index in [4.69, 9.17) is 11.6 Å². The van der Waals surface area contributed by atoms with Crippen molar-refractivity contribution < 1.29 is 4.79 Å². The van der Waals surface area contributed by atoms with Crippen LogP contribution in [0.25, 0.3) is 0 Å². The third kappa shape index (κ3) is 1.02. The minimum atomic E-state index is 0.0456. The molecule has 2 heterocycles. The first-order valence-corrected chi connectivity index (χ1v) is 3.87. The molecule has 0 saturated carbocycles. The molecule has 0 unspecified atom stereocenters. The molecule has 0 aliphatic carbocycles. The zero-order valence-electron chi connectivity index (χ0n) is 6.12. The van der Waals surface area contributed by atoms with E-state index in [-0.39, 0.29) is 10.9 Å². The highest BCUT2D eigenvalue weighted by molar-refractivity contribution is 6.33. The summed E-state index contributed by atoms with van der Waals surface area (Å²) in [5, 5.41) is 0.289. The predicted octanol–water partition coefficient (Wildman–Crippen LogP) is 2.02. The number of carbonyl (C=O) groups is 1. The van der Waals surface area contributed by atoms with Crippen LogP contribution >= 0.6 is 11.6 Å². The van der Waals surface area contributed by atoms with E-state index in [1.165, 1.54) is 6.20 Å². The molecule has 1 aromatic heterocycles. The third-order valence-corrected chi connectivity index (χ3v) is 1.95. The van der Waals surface area contributed by atoms with Crippen LogP contribution in [0.5, 0.6) is 0 Å². The van der Waals surface area contributed by atoms with Crippen LogP contribution in [0, 0.1) is 0 Å². The van der Waals surface area contributed by atoms with Crippen molar-refractivity contribution in [2.24, 2.45) is 4.99 Å². The summed E-state index contributed by atoms with van der Waals surface area (Å²) in [4.78, 5) is 19.1. The Balaban J connectivity index is 2.69. The molecular weight excluding hydrogens is 176 g/mol. The summed E-state index contributed by atoms with van der Waals surface area (Å²) in [6.45, 7) is 0. The maximum atomic E-state index is 11.3. The van der Waals surface area contributed by atoms with Gasteiger partial charge in [-0.15, -0.1) is 0 Å². The van der Waals surface area contributed by atoms with Gasteiger partial charge in [0.2, 0.25) is 0 Å². The fourth-order valence-electron chi connectivity index (χ4n) is 1.11. The van der Waals surface area contributed by atoms with Crippen molar-refractivity contribution in [3.63, 3.8) is 0 Å². The molecule has 0 bridgehead atoms. The Kier molecular flexibility index (Phi) is 1.66. The fourth-order valence-corrected chi connectivity index (χ4v) is 1.31. The highest BCUT2D eigenvalue weighted by atomic mass is 35.5. The lowest BCUT2D eigenvalue weighted by atomic mass is 10.1. The van der Waals surface area contributed by atoms with Crippen molar-refractivity contribution in [3.05, 3.63) is 23.0 Å². The van der Waals surface area contributed by atoms with Crippen LogP contribution < -0.4 is 0 Å². The van der Waals surface area contributed by atoms with Crippen LogP contribution in [0.15, 0.2) is 17.3 Å². The van der Waals surface area contributed by atoms with Gasteiger partial charge in [0.1, 0.15) is 5.69 Å². The van der Waals surface area contributed by atoms with Crippen molar-refractivity contribution in [1.82, 2.24) is 4.98 Å². The van der Waals surface area contributed by atoms with Gasteiger partial charge in [0.15, 0.2) is 10.9 Å². The molecule has 1 aliphatic rings. The number of halogens is 1. The Labute approximate surface area is 74.1 Å². The maximum absolute atomic E-state index is 11.3. The lowest BCUT2D eigenvalue weighted by Gasteiger charge is -2.07. The Bertz CT molecular complexity index is 373. The van der Waals surface area contributed by atoms with Gasteiger partial charge in [0, 0.05) is 24.4 Å². The molecule has 4 heteroatoms. The van der Waals surface area contributed by atoms with Crippen LogP contribution in [0.1, 0.15) is 16.8 Å². The second-order valence-electron chi connectivity index (χ2n) is 2.44. The van der Waals surface area contributed by atoms with Crippen molar-refractivity contribution in [3.8, 4) is 0 Å². The normalized spacial score (nSPS) is 14.6. The summed E-state index contributed by atoms with van der Waals surface area (Å²) in [5.41, 5.74) is 1.06. The van der Waals surface area contributed by atoms with Gasteiger partial charge in [-0.1, -0.05) is 11.6 Å². The molecule has 0 N–H and O–H groups in total. The van der Waals surface area contributed by atoms with Crippen molar-refractivity contribution >= 4 is 29.3 Å². The Morgan fingerprint density at radius 1 is 1.50 bits per heavy atom. The second kappa shape index (κ2) is 2.68. The van der Waals surface area contributed by atoms with Gasteiger partial charge < -0.3 is 0 Å². The van der Waals surface area contributed by atoms with Gasteiger partial charge in [0.25, 0.3) is 0 Å². The standard InChI is InChI=1S/C8H5ClN2O/c9-8-7-5(1-3-11-8)6(12)2-4-10-7/h1,3-4H,2H2. The highest BCUT2D eigenvalue weighted by Crippen LogP contribution is 2.29. The molecule has 0 amide bonds. The topological polar surface area (TPSA) is 42.3 Å². The average molecular weight is 181 g/mol. The number of hydrogen-bond acceptors (Lipinski definition) is 3. The number of ketones is 1. The SMILES string of the molecule is O=C1CC=Nc2c1ccnc2Cl. The molecule has 1 aromatic rings. The number of aromatic nitrogens is 1. The van der Waals surface area contributed by atoms with E-state index in [0.29, 0.717) is 17.7 Å². The molecule has 0 saturated heterocycles. The minimum Gasteiger partial charge on any atom is -0.294 e. The van der Waals surface area contributed by atoms with Gasteiger partial charge in [0.05, 0.1) is 0 Å². The van der Waals surface area contributed by atoms with Gasteiger partial charge in [-0.25, -0.2) is 4.98 Å². The van der Waals surface area contributed by atoms with E-state index >= 15 is 0 Å². The summed E-state index contributed by atoms with van der Waals surface area (Å²) in [6, 6.07) is 1.64. The largest absolute Gasteiger partial charge is 0.294 e. The number of carbonyl (C=O) groups excluding carboxylic acids is 1. The van der Waals surface area contributed by atoms with E-state index in [9.17, 15) is 4.79 Å². The van der Waals surface area contributed by atoms with Gasteiger partial charge in [-0.3, -0.25) is 9.79 Å². The van der Waals surface area contributed by atoms with E-state index in [1.807, 2.05) is 0 Å². The first-order valence-electron chi connectivity index (χ1n) is 3.49. The summed E-state index contributed by atoms with van der Waals surface area (Å²) in [7, 11) is 0. The predicted molar refractivity (Wildman–Crippen MR) is 46.3 cm³/mol. The molecule has 0 atom stereocenters. The van der Waals surface area contributed by atoms with Crippen LogP contribution in [0.2, 0.25) is 5.15 Å². The van der Waals surface area contributed by atoms with E-state index < -0.39 is 0 Å². The van der Waals surface area contributed by atoms with Crippen molar-refractivity contribution in [2.75, 3.05) is 0 Å². The summed E-state index contributed by atoms with van der Waals surface area (Å²) in [6.07, 6.45) is 3.42. The van der Waals surface area contributed by atoms with Crippen LogP contribution in [0.4, 0.5) is 5.69 Å². The third-order valence-electron chi connectivity index (χ3n) is 1.68. The number of rotatable bonds is 0. The molecule has 0 radical (unpaired) electrons. The van der Waals surface area contributed by atoms with Gasteiger partial charge in [-0.2, -0.15) is 0 Å². The minimum absolute atomic E-state index is 0.0456. The highest BCUT2D eigenvalue weighted by Gasteiger charge is 2.16. The summed E-state index contributed by atoms with van der Waals surface area (Å²) >= 11 is 5.73. The number of Topliss-reactive ketones (excluding diaryl/α,β-unsaturated/α-hetero) is 1. The quantitative estimate of drug-likeness (QED) is 0.574. The molecule has 0 spiro atoms. The van der Waals surface area contributed by atoms with E-state index in [0.717, 1.165) is 0 Å². The van der Waals surface area contributed by atoms with Crippen molar-refractivity contribution in [1.29, 1.82) is 0 Å². The number of hydrogen-bond donors (Lipinski definition) is 0. The number of pyridine rings is 1. The first-order chi connectivity index (χ1) is 5.79. The number of aliphatic imine (C=N–C) groups is 1. The molecule has 60 valence electrons. The number of fused-ring (bicyclic) bond motifs is 1. The lowest BCUT2D eigenvalue weighted by molar-refractivity contribution is 0.100. The fraction of sp³-hybridized carbons (Fsp3) is 0.125. The second-order valence-corrected chi connectivity index (χ2v) is 2.79. The van der Waals surface area contributed by atoms with Crippen LogP contribution in [-0.4, -0.2) is 17.0 Å². The van der Waals surface area contributed by atoms with E-state index in [2.05, 4.69) is 9.98 Å². The molecule has 3 nitrogen and oxygen atoms in total. The molecule has 1 aliphatic heterocycles. The Morgan fingerprint density at radius 2 is 2.33 bits per heavy atom. The zero-order chi connectivity index (χ0) is 8.55. The van der Waals surface area contributed by atoms with Crippen molar-refractivity contribution in [2.45, 2.75) is 6.42 Å². The smallest absolute Gasteiger partial charge is 0.170 e. The van der Waals surface area contributed by atoms with E-state index in [1.54, 1.807) is 12.3 Å².